The third-order valence-corrected chi connectivity index (χ3v) is 11.3. The number of benzene rings is 3. The Bertz CT molecular complexity index is 2000. The predicted octanol–water partition coefficient (Wildman–Crippen LogP) is 4.73. The van der Waals surface area contributed by atoms with Crippen LogP contribution in [0.25, 0.3) is 32.8 Å². The number of hydrogen-bond acceptors (Lipinski definition) is 9. The Labute approximate surface area is 264 Å². The summed E-state index contributed by atoms with van der Waals surface area (Å²) < 4.78 is 78.2. The second-order valence-corrected chi connectivity index (χ2v) is 15.3. The van der Waals surface area contributed by atoms with Crippen molar-refractivity contribution < 1.29 is 31.4 Å². The molecule has 0 aliphatic carbocycles. The molecule has 4 aromatic rings. The van der Waals surface area contributed by atoms with E-state index in [0.29, 0.717) is 37.3 Å². The summed E-state index contributed by atoms with van der Waals surface area (Å²) in [6, 6.07) is 8.58. The van der Waals surface area contributed by atoms with Crippen LogP contribution in [0.3, 0.4) is 0 Å². The highest BCUT2D eigenvalue weighted by Crippen LogP contribution is 2.43. The van der Waals surface area contributed by atoms with Crippen molar-refractivity contribution in [1.29, 1.82) is 0 Å². The molecule has 2 N–H and O–H groups in total. The summed E-state index contributed by atoms with van der Waals surface area (Å²) in [5.74, 6) is -1.48. The van der Waals surface area contributed by atoms with E-state index in [4.69, 9.17) is 9.72 Å². The predicted molar refractivity (Wildman–Crippen MR) is 168 cm³/mol. The summed E-state index contributed by atoms with van der Waals surface area (Å²) in [5.41, 5.74) is -0.555. The molecule has 1 aromatic heterocycles. The minimum atomic E-state index is -4.09. The van der Waals surface area contributed by atoms with Crippen LogP contribution in [0.15, 0.2) is 41.3 Å². The van der Waals surface area contributed by atoms with Crippen molar-refractivity contribution in [1.82, 2.24) is 20.2 Å². The Morgan fingerprint density at radius 1 is 1.07 bits per heavy atom. The highest BCUT2D eigenvalue weighted by Gasteiger charge is 2.49. The molecule has 0 radical (unpaired) electrons. The fraction of sp³-hybridized carbons (Fsp3) is 0.455. The number of phenolic OH excluding ortho intramolecular Hbond substituents is 1. The summed E-state index contributed by atoms with van der Waals surface area (Å²) in [6.45, 7) is 2.66. The van der Waals surface area contributed by atoms with Crippen LogP contribution in [0.2, 0.25) is 0 Å². The highest BCUT2D eigenvalue weighted by molar-refractivity contribution is 7.91. The molecule has 5 heterocycles. The minimum Gasteiger partial charge on any atom is -0.508 e. The van der Waals surface area contributed by atoms with Gasteiger partial charge >= 0.3 is 6.01 Å². The lowest BCUT2D eigenvalue weighted by atomic mass is 9.95. The summed E-state index contributed by atoms with van der Waals surface area (Å²) in [7, 11) is -4.09. The maximum absolute atomic E-state index is 16.9. The molecule has 3 aromatic carbocycles. The highest BCUT2D eigenvalue weighted by atomic mass is 32.2. The van der Waals surface area contributed by atoms with Crippen molar-refractivity contribution in [3.05, 3.63) is 48.0 Å². The number of anilines is 1. The molecule has 0 unspecified atom stereocenters. The van der Waals surface area contributed by atoms with Crippen LogP contribution < -0.4 is 15.0 Å². The monoisotopic (exact) mass is 653 g/mol. The van der Waals surface area contributed by atoms with Crippen molar-refractivity contribution in [2.75, 3.05) is 43.9 Å². The topological polar surface area (TPSA) is 108 Å². The molecule has 13 heteroatoms. The Balaban J connectivity index is 1.29. The lowest BCUT2D eigenvalue weighted by Crippen LogP contribution is -2.51. The second-order valence-electron chi connectivity index (χ2n) is 13.3. The lowest BCUT2D eigenvalue weighted by molar-refractivity contribution is 0.107. The van der Waals surface area contributed by atoms with E-state index < -0.39 is 38.1 Å². The average molecular weight is 654 g/mol. The molecule has 8 rings (SSSR count). The molecule has 4 aliphatic rings. The quantitative estimate of drug-likeness (QED) is 0.305. The maximum Gasteiger partial charge on any atom is 0.319 e. The molecule has 4 aliphatic heterocycles. The number of nitrogens with zero attached hydrogens (tertiary/aromatic N) is 4. The maximum atomic E-state index is 16.9. The number of hydrogen-bond donors (Lipinski definition) is 2. The van der Waals surface area contributed by atoms with Crippen LogP contribution in [0.4, 0.5) is 19.0 Å². The molecule has 46 heavy (non-hydrogen) atoms. The van der Waals surface area contributed by atoms with Gasteiger partial charge in [-0.05, 0) is 67.4 Å². The van der Waals surface area contributed by atoms with Gasteiger partial charge in [0.25, 0.3) is 0 Å². The molecule has 242 valence electrons. The van der Waals surface area contributed by atoms with Gasteiger partial charge in [-0.25, -0.2) is 21.6 Å². The molecular weight excluding hydrogens is 619 g/mol. The number of alkyl halides is 1. The van der Waals surface area contributed by atoms with E-state index in [-0.39, 0.29) is 57.9 Å². The van der Waals surface area contributed by atoms with Gasteiger partial charge in [0, 0.05) is 60.7 Å². The molecule has 4 saturated heterocycles. The number of sulfone groups is 1. The largest absolute Gasteiger partial charge is 0.508 e. The summed E-state index contributed by atoms with van der Waals surface area (Å²) in [5, 5.41) is 14.8. The summed E-state index contributed by atoms with van der Waals surface area (Å²) in [4.78, 5) is 13.0. The molecule has 9 nitrogen and oxygen atoms in total. The van der Waals surface area contributed by atoms with Gasteiger partial charge in [0.1, 0.15) is 40.6 Å². The van der Waals surface area contributed by atoms with Gasteiger partial charge in [-0.15, -0.1) is 0 Å². The number of fused-ring (bicyclic) bond motifs is 5. The van der Waals surface area contributed by atoms with Crippen LogP contribution in [-0.4, -0.2) is 91.2 Å². The Morgan fingerprint density at radius 3 is 2.61 bits per heavy atom. The van der Waals surface area contributed by atoms with Crippen molar-refractivity contribution in [2.24, 2.45) is 0 Å². The Kier molecular flexibility index (Phi) is 6.89. The first kappa shape index (κ1) is 29.7. The van der Waals surface area contributed by atoms with E-state index in [2.05, 4.69) is 20.1 Å². The lowest BCUT2D eigenvalue weighted by Gasteiger charge is -2.34. The number of aromatic nitrogens is 2. The van der Waals surface area contributed by atoms with Gasteiger partial charge in [0.05, 0.1) is 5.54 Å². The smallest absolute Gasteiger partial charge is 0.319 e. The van der Waals surface area contributed by atoms with E-state index >= 15 is 8.78 Å². The van der Waals surface area contributed by atoms with E-state index in [1.807, 2.05) is 0 Å². The Morgan fingerprint density at radius 2 is 1.85 bits per heavy atom. The molecule has 4 fully saturated rings. The zero-order valence-electron chi connectivity index (χ0n) is 25.3. The van der Waals surface area contributed by atoms with E-state index in [0.717, 1.165) is 44.6 Å². The van der Waals surface area contributed by atoms with Crippen molar-refractivity contribution in [2.45, 2.75) is 60.8 Å². The third-order valence-electron chi connectivity index (χ3n) is 10.2. The minimum absolute atomic E-state index is 0.0117. The normalized spacial score (nSPS) is 26.3. The summed E-state index contributed by atoms with van der Waals surface area (Å²) in [6.07, 6.45) is 4.09. The van der Waals surface area contributed by atoms with Crippen LogP contribution in [-0.2, 0) is 9.84 Å². The first-order valence-corrected chi connectivity index (χ1v) is 17.6. The van der Waals surface area contributed by atoms with E-state index in [1.165, 1.54) is 24.3 Å². The van der Waals surface area contributed by atoms with E-state index in [9.17, 15) is 17.9 Å². The van der Waals surface area contributed by atoms with Gasteiger partial charge in [-0.2, -0.15) is 9.97 Å². The number of nitrogens with one attached hydrogen (secondary N) is 1. The first-order valence-electron chi connectivity index (χ1n) is 15.7. The fourth-order valence-electron chi connectivity index (χ4n) is 8.22. The molecule has 0 saturated carbocycles. The number of piperazine rings is 1. The number of halogens is 3. The van der Waals surface area contributed by atoms with Gasteiger partial charge in [0.2, 0.25) is 0 Å². The van der Waals surface area contributed by atoms with Crippen LogP contribution in [0.1, 0.15) is 32.1 Å². The zero-order valence-corrected chi connectivity index (χ0v) is 26.1. The molecule has 2 bridgehead atoms. The molecule has 0 amide bonds. The van der Waals surface area contributed by atoms with Gasteiger partial charge < -0.3 is 20.1 Å². The molecule has 0 spiro atoms. The third kappa shape index (κ3) is 4.85. The van der Waals surface area contributed by atoms with Crippen LogP contribution in [0, 0.1) is 11.6 Å². The van der Waals surface area contributed by atoms with Gasteiger partial charge in [-0.1, -0.05) is 12.1 Å². The standard InChI is InChI=1S/C33H34F3N5O4S/c1-46(43,44)30-26(35)8-3-18-11-22(42)12-25(27(18)30)23-6-7-24-29(28(23)36)38-32(39-31(24)40-15-20-4-5-21(16-40)37-20)45-17-33-9-2-10-41(33)14-19(34)13-33/h3,6-8,11-12,19-21,37,42H,2,4-5,9-10,13-17H2,1H3/t19-,20-,21+,33+/m1/s1. The van der Waals surface area contributed by atoms with Gasteiger partial charge in [-0.3, -0.25) is 4.90 Å². The number of phenols is 1. The number of ether oxygens (including phenoxy) is 1. The average Bonchev–Trinajstić information content (AvgIpc) is 3.65. The van der Waals surface area contributed by atoms with Crippen molar-refractivity contribution in [3.8, 4) is 22.9 Å². The number of rotatable bonds is 6. The second kappa shape index (κ2) is 10.7. The van der Waals surface area contributed by atoms with Crippen molar-refractivity contribution >= 4 is 37.3 Å². The summed E-state index contributed by atoms with van der Waals surface area (Å²) >= 11 is 0. The van der Waals surface area contributed by atoms with Crippen LogP contribution >= 0.6 is 0 Å². The number of aromatic hydroxyl groups is 1. The first-order chi connectivity index (χ1) is 22.0. The van der Waals surface area contributed by atoms with E-state index in [1.54, 1.807) is 6.07 Å². The van der Waals surface area contributed by atoms with Gasteiger partial charge in [0.15, 0.2) is 15.7 Å². The Hall–Kier alpha value is -3.68. The van der Waals surface area contributed by atoms with Crippen molar-refractivity contribution in [3.63, 3.8) is 0 Å². The molecular formula is C33H34F3N5O4S. The van der Waals surface area contributed by atoms with Crippen LogP contribution in [0.5, 0.6) is 11.8 Å². The SMILES string of the molecule is CS(=O)(=O)c1c(F)ccc2cc(O)cc(-c3ccc4c(N5C[C@H]6CC[C@@H](C5)N6)nc(OC[C@@]56CCCN5C[C@H](F)C6)nc4c3F)c12. The molecule has 4 atom stereocenters. The fourth-order valence-corrected chi connectivity index (χ4v) is 9.24. The zero-order chi connectivity index (χ0) is 32.0.